The molecule has 130 valence electrons. The molecule has 0 spiro atoms. The Morgan fingerprint density at radius 1 is 1.04 bits per heavy atom. The van der Waals surface area contributed by atoms with Crippen molar-refractivity contribution in [2.24, 2.45) is 0 Å². The minimum atomic E-state index is -0.147. The lowest BCUT2D eigenvalue weighted by Crippen LogP contribution is -2.49. The molecule has 25 heavy (non-hydrogen) atoms. The predicted molar refractivity (Wildman–Crippen MR) is 98.5 cm³/mol. The molecular formula is C20H23N3O2. The molecule has 2 aromatic rings. The van der Waals surface area contributed by atoms with Gasteiger partial charge in [-0.15, -0.1) is 0 Å². The van der Waals surface area contributed by atoms with Crippen molar-refractivity contribution in [3.8, 4) is 0 Å². The summed E-state index contributed by atoms with van der Waals surface area (Å²) in [6, 6.07) is 17.3. The Hall–Kier alpha value is -2.66. The molecule has 0 aromatic heterocycles. The third-order valence-electron chi connectivity index (χ3n) is 4.46. The van der Waals surface area contributed by atoms with Gasteiger partial charge in [0, 0.05) is 37.8 Å². The lowest BCUT2D eigenvalue weighted by molar-refractivity contribution is -0.114. The van der Waals surface area contributed by atoms with Crippen LogP contribution < -0.4 is 5.32 Å². The molecule has 0 aliphatic carbocycles. The largest absolute Gasteiger partial charge is 0.329 e. The Bertz CT molecular complexity index is 761. The van der Waals surface area contributed by atoms with E-state index in [1.54, 1.807) is 24.3 Å². The van der Waals surface area contributed by atoms with Crippen molar-refractivity contribution in [1.29, 1.82) is 0 Å². The average Bonchev–Trinajstić information content (AvgIpc) is 2.61. The van der Waals surface area contributed by atoms with Crippen LogP contribution in [0.15, 0.2) is 54.6 Å². The predicted octanol–water partition coefficient (Wildman–Crippen LogP) is 2.77. The van der Waals surface area contributed by atoms with Gasteiger partial charge in [-0.1, -0.05) is 36.4 Å². The van der Waals surface area contributed by atoms with Crippen LogP contribution in [0.5, 0.6) is 0 Å². The molecule has 0 radical (unpaired) electrons. The van der Waals surface area contributed by atoms with E-state index in [0.717, 1.165) is 18.7 Å². The SMILES string of the molecule is CC(=O)Nc1cccc(C(=O)N2CCN(C)C[C@H]2c2ccccc2)c1. The molecule has 5 nitrogen and oxygen atoms in total. The molecule has 1 fully saturated rings. The zero-order chi connectivity index (χ0) is 17.8. The van der Waals surface area contributed by atoms with Gasteiger partial charge < -0.3 is 15.1 Å². The van der Waals surface area contributed by atoms with Crippen molar-refractivity contribution in [3.05, 3.63) is 65.7 Å². The van der Waals surface area contributed by atoms with E-state index < -0.39 is 0 Å². The molecule has 0 bridgehead atoms. The van der Waals surface area contributed by atoms with Crippen LogP contribution in [0, 0.1) is 0 Å². The standard InChI is InChI=1S/C20H23N3O2/c1-15(24)21-18-10-6-9-17(13-18)20(25)23-12-11-22(2)14-19(23)16-7-4-3-5-8-16/h3-10,13,19H,11-12,14H2,1-2H3,(H,21,24)/t19-/m0/s1. The molecule has 1 N–H and O–H groups in total. The Balaban J connectivity index is 1.87. The number of carbonyl (C=O) groups excluding carboxylic acids is 2. The first-order valence-electron chi connectivity index (χ1n) is 8.46. The lowest BCUT2D eigenvalue weighted by atomic mass is 10.0. The molecule has 0 unspecified atom stereocenters. The quantitative estimate of drug-likeness (QED) is 0.937. The van der Waals surface area contributed by atoms with E-state index in [9.17, 15) is 9.59 Å². The third-order valence-corrected chi connectivity index (χ3v) is 4.46. The summed E-state index contributed by atoms with van der Waals surface area (Å²) in [6.45, 7) is 3.79. The minimum absolute atomic E-state index is 0.00541. The van der Waals surface area contributed by atoms with E-state index in [0.29, 0.717) is 17.8 Å². The molecule has 5 heteroatoms. The Kier molecular flexibility index (Phi) is 5.14. The molecule has 0 saturated carbocycles. The van der Waals surface area contributed by atoms with E-state index in [-0.39, 0.29) is 17.9 Å². The van der Waals surface area contributed by atoms with E-state index in [1.165, 1.54) is 6.92 Å². The number of hydrogen-bond donors (Lipinski definition) is 1. The molecule has 1 atom stereocenters. The van der Waals surface area contributed by atoms with Gasteiger partial charge in [-0.25, -0.2) is 0 Å². The van der Waals surface area contributed by atoms with Gasteiger partial charge in [0.05, 0.1) is 6.04 Å². The number of nitrogens with zero attached hydrogens (tertiary/aromatic N) is 2. The van der Waals surface area contributed by atoms with Crippen LogP contribution in [0.1, 0.15) is 28.9 Å². The van der Waals surface area contributed by atoms with Gasteiger partial charge in [0.25, 0.3) is 5.91 Å². The van der Waals surface area contributed by atoms with E-state index in [1.807, 2.05) is 23.1 Å². The van der Waals surface area contributed by atoms with Crippen LogP contribution in [0.4, 0.5) is 5.69 Å². The highest BCUT2D eigenvalue weighted by Gasteiger charge is 2.30. The van der Waals surface area contributed by atoms with Gasteiger partial charge in [-0.2, -0.15) is 0 Å². The van der Waals surface area contributed by atoms with E-state index in [4.69, 9.17) is 0 Å². The fourth-order valence-corrected chi connectivity index (χ4v) is 3.22. The first-order valence-corrected chi connectivity index (χ1v) is 8.46. The Morgan fingerprint density at radius 2 is 1.80 bits per heavy atom. The zero-order valence-corrected chi connectivity index (χ0v) is 14.6. The van der Waals surface area contributed by atoms with Crippen LogP contribution in [0.3, 0.4) is 0 Å². The fraction of sp³-hybridized carbons (Fsp3) is 0.300. The lowest BCUT2D eigenvalue weighted by Gasteiger charge is -2.40. The molecule has 1 aliphatic heterocycles. The summed E-state index contributed by atoms with van der Waals surface area (Å²) in [6.07, 6.45) is 0. The van der Waals surface area contributed by atoms with Crippen LogP contribution in [0.25, 0.3) is 0 Å². The molecule has 1 aliphatic rings. The van der Waals surface area contributed by atoms with Crippen LogP contribution in [-0.4, -0.2) is 48.3 Å². The second kappa shape index (κ2) is 7.49. The van der Waals surface area contributed by atoms with Crippen molar-refractivity contribution in [1.82, 2.24) is 9.80 Å². The summed E-state index contributed by atoms with van der Waals surface area (Å²) in [4.78, 5) is 28.6. The van der Waals surface area contributed by atoms with Crippen LogP contribution in [0.2, 0.25) is 0 Å². The maximum Gasteiger partial charge on any atom is 0.254 e. The van der Waals surface area contributed by atoms with E-state index in [2.05, 4.69) is 29.4 Å². The summed E-state index contributed by atoms with van der Waals surface area (Å²) in [7, 11) is 2.08. The summed E-state index contributed by atoms with van der Waals surface area (Å²) >= 11 is 0. The zero-order valence-electron chi connectivity index (χ0n) is 14.6. The van der Waals surface area contributed by atoms with Gasteiger partial charge in [0.1, 0.15) is 0 Å². The van der Waals surface area contributed by atoms with Gasteiger partial charge >= 0.3 is 0 Å². The van der Waals surface area contributed by atoms with Crippen molar-refractivity contribution >= 4 is 17.5 Å². The number of amides is 2. The third kappa shape index (κ3) is 4.06. The molecule has 2 aromatic carbocycles. The molecule has 3 rings (SSSR count). The number of anilines is 1. The molecule has 1 saturated heterocycles. The van der Waals surface area contributed by atoms with Gasteiger partial charge in [-0.3, -0.25) is 9.59 Å². The number of carbonyl (C=O) groups is 2. The highest BCUT2D eigenvalue weighted by molar-refractivity contribution is 5.97. The van der Waals surface area contributed by atoms with Crippen molar-refractivity contribution in [2.75, 3.05) is 32.0 Å². The first-order chi connectivity index (χ1) is 12.0. The highest BCUT2D eigenvalue weighted by Crippen LogP contribution is 2.27. The van der Waals surface area contributed by atoms with Crippen molar-refractivity contribution in [2.45, 2.75) is 13.0 Å². The van der Waals surface area contributed by atoms with Gasteiger partial charge in [0.2, 0.25) is 5.91 Å². The first kappa shape index (κ1) is 17.2. The number of likely N-dealkylation sites (N-methyl/N-ethyl adjacent to an activating group) is 1. The highest BCUT2D eigenvalue weighted by atomic mass is 16.2. The van der Waals surface area contributed by atoms with Gasteiger partial charge in [-0.05, 0) is 30.8 Å². The monoisotopic (exact) mass is 337 g/mol. The van der Waals surface area contributed by atoms with Crippen molar-refractivity contribution in [3.63, 3.8) is 0 Å². The van der Waals surface area contributed by atoms with Crippen LogP contribution in [-0.2, 0) is 4.79 Å². The second-order valence-electron chi connectivity index (χ2n) is 6.45. The summed E-state index contributed by atoms with van der Waals surface area (Å²) < 4.78 is 0. The topological polar surface area (TPSA) is 52.7 Å². The minimum Gasteiger partial charge on any atom is -0.329 e. The van der Waals surface area contributed by atoms with Crippen molar-refractivity contribution < 1.29 is 9.59 Å². The summed E-state index contributed by atoms with van der Waals surface area (Å²) in [5.74, 6) is -0.152. The Labute approximate surface area is 148 Å². The Morgan fingerprint density at radius 3 is 2.52 bits per heavy atom. The fourth-order valence-electron chi connectivity index (χ4n) is 3.22. The van der Waals surface area contributed by atoms with Gasteiger partial charge in [0.15, 0.2) is 0 Å². The number of nitrogens with one attached hydrogen (secondary N) is 1. The normalized spacial score (nSPS) is 18.0. The van der Waals surface area contributed by atoms with E-state index >= 15 is 0 Å². The smallest absolute Gasteiger partial charge is 0.254 e. The van der Waals surface area contributed by atoms with Crippen LogP contribution >= 0.6 is 0 Å². The maximum absolute atomic E-state index is 13.1. The number of rotatable bonds is 3. The number of hydrogen-bond acceptors (Lipinski definition) is 3. The molecule has 2 amide bonds. The number of piperazine rings is 1. The summed E-state index contributed by atoms with van der Waals surface area (Å²) in [5.41, 5.74) is 2.38. The number of benzene rings is 2. The molecular weight excluding hydrogens is 314 g/mol. The second-order valence-corrected chi connectivity index (χ2v) is 6.45. The summed E-state index contributed by atoms with van der Waals surface area (Å²) in [5, 5.41) is 2.74. The molecule has 1 heterocycles. The maximum atomic E-state index is 13.1. The average molecular weight is 337 g/mol.